The molecule has 1 aliphatic rings. The zero-order valence-corrected chi connectivity index (χ0v) is 9.15. The summed E-state index contributed by atoms with van der Waals surface area (Å²) < 4.78 is 5.92. The van der Waals surface area contributed by atoms with Gasteiger partial charge in [0.15, 0.2) is 0 Å². The first-order chi connectivity index (χ1) is 7.92. The molecule has 0 bridgehead atoms. The summed E-state index contributed by atoms with van der Waals surface area (Å²) >= 11 is 0. The largest absolute Gasteiger partial charge is 0.489 e. The zero-order valence-electron chi connectivity index (χ0n) is 9.15. The molecule has 1 N–H and O–H groups in total. The minimum absolute atomic E-state index is 0.334. The summed E-state index contributed by atoms with van der Waals surface area (Å²) in [6.45, 7) is 2.03. The standard InChI is InChI=1S/C14H15NO/c1-2-4-12-9-13(6-5-11(12)3-1)16-14-7-8-15-10-14/h1-6,9,14-15H,7-8,10H2/t14-/m1/s1. The highest BCUT2D eigenvalue weighted by Crippen LogP contribution is 2.22. The number of ether oxygens (including phenoxy) is 1. The molecule has 0 aliphatic carbocycles. The molecule has 16 heavy (non-hydrogen) atoms. The van der Waals surface area contributed by atoms with Gasteiger partial charge in [-0.3, -0.25) is 0 Å². The Balaban J connectivity index is 1.86. The summed E-state index contributed by atoms with van der Waals surface area (Å²) in [5.74, 6) is 0.979. The van der Waals surface area contributed by atoms with Crippen LogP contribution in [0.1, 0.15) is 6.42 Å². The van der Waals surface area contributed by atoms with Crippen LogP contribution in [-0.4, -0.2) is 19.2 Å². The van der Waals surface area contributed by atoms with Crippen molar-refractivity contribution in [3.05, 3.63) is 42.5 Å². The first-order valence-electron chi connectivity index (χ1n) is 5.78. The van der Waals surface area contributed by atoms with E-state index in [0.29, 0.717) is 6.10 Å². The molecular weight excluding hydrogens is 198 g/mol. The average molecular weight is 213 g/mol. The maximum absolute atomic E-state index is 5.92. The third-order valence-corrected chi connectivity index (χ3v) is 3.04. The summed E-state index contributed by atoms with van der Waals surface area (Å²) in [6.07, 6.45) is 1.44. The molecule has 1 saturated heterocycles. The van der Waals surface area contributed by atoms with Crippen LogP contribution < -0.4 is 10.1 Å². The van der Waals surface area contributed by atoms with Crippen LogP contribution in [0.25, 0.3) is 10.8 Å². The van der Waals surface area contributed by atoms with E-state index in [9.17, 15) is 0 Å². The van der Waals surface area contributed by atoms with Crippen molar-refractivity contribution in [2.75, 3.05) is 13.1 Å². The summed E-state index contributed by atoms with van der Waals surface area (Å²) in [4.78, 5) is 0. The molecule has 3 rings (SSSR count). The van der Waals surface area contributed by atoms with Gasteiger partial charge in [0.05, 0.1) is 0 Å². The Morgan fingerprint density at radius 2 is 1.94 bits per heavy atom. The fourth-order valence-electron chi connectivity index (χ4n) is 2.16. The number of benzene rings is 2. The lowest BCUT2D eigenvalue weighted by Gasteiger charge is -2.12. The molecule has 1 aliphatic heterocycles. The highest BCUT2D eigenvalue weighted by molar-refractivity contribution is 5.83. The van der Waals surface area contributed by atoms with Crippen molar-refractivity contribution >= 4 is 10.8 Å². The normalized spacial score (nSPS) is 20.1. The molecular formula is C14H15NO. The van der Waals surface area contributed by atoms with Crippen molar-refractivity contribution in [1.82, 2.24) is 5.32 Å². The number of fused-ring (bicyclic) bond motifs is 1. The van der Waals surface area contributed by atoms with E-state index in [1.54, 1.807) is 0 Å². The molecule has 2 aromatic carbocycles. The SMILES string of the molecule is c1ccc2cc(O[C@@H]3CCNC3)ccc2c1. The topological polar surface area (TPSA) is 21.3 Å². The molecule has 0 unspecified atom stereocenters. The number of rotatable bonds is 2. The predicted octanol–water partition coefficient (Wildman–Crippen LogP) is 2.58. The lowest BCUT2D eigenvalue weighted by atomic mass is 10.1. The second kappa shape index (κ2) is 4.14. The second-order valence-electron chi connectivity index (χ2n) is 4.24. The molecule has 82 valence electrons. The van der Waals surface area contributed by atoms with Crippen LogP contribution in [-0.2, 0) is 0 Å². The summed E-state index contributed by atoms with van der Waals surface area (Å²) in [7, 11) is 0. The van der Waals surface area contributed by atoms with Crippen LogP contribution >= 0.6 is 0 Å². The Labute approximate surface area is 95.2 Å². The van der Waals surface area contributed by atoms with Crippen molar-refractivity contribution in [3.8, 4) is 5.75 Å². The molecule has 1 fully saturated rings. The van der Waals surface area contributed by atoms with E-state index in [0.717, 1.165) is 25.3 Å². The first kappa shape index (κ1) is 9.67. The van der Waals surface area contributed by atoms with E-state index in [1.807, 2.05) is 0 Å². The molecule has 2 nitrogen and oxygen atoms in total. The smallest absolute Gasteiger partial charge is 0.120 e. The highest BCUT2D eigenvalue weighted by Gasteiger charge is 2.15. The maximum Gasteiger partial charge on any atom is 0.120 e. The van der Waals surface area contributed by atoms with Gasteiger partial charge in [-0.1, -0.05) is 30.3 Å². The molecule has 0 aromatic heterocycles. The van der Waals surface area contributed by atoms with E-state index >= 15 is 0 Å². The van der Waals surface area contributed by atoms with E-state index in [1.165, 1.54) is 10.8 Å². The van der Waals surface area contributed by atoms with Gasteiger partial charge in [0, 0.05) is 6.54 Å². The Kier molecular flexibility index (Phi) is 2.50. The molecule has 2 heteroatoms. The zero-order chi connectivity index (χ0) is 10.8. The van der Waals surface area contributed by atoms with Crippen LogP contribution in [0.5, 0.6) is 5.75 Å². The van der Waals surface area contributed by atoms with Crippen molar-refractivity contribution in [3.63, 3.8) is 0 Å². The third kappa shape index (κ3) is 1.89. The lowest BCUT2D eigenvalue weighted by molar-refractivity contribution is 0.223. The number of nitrogens with one attached hydrogen (secondary N) is 1. The molecule has 0 amide bonds. The summed E-state index contributed by atoms with van der Waals surface area (Å²) in [6, 6.07) is 14.7. The Morgan fingerprint density at radius 1 is 1.06 bits per heavy atom. The summed E-state index contributed by atoms with van der Waals surface area (Å²) in [5.41, 5.74) is 0. The lowest BCUT2D eigenvalue weighted by Crippen LogP contribution is -2.19. The van der Waals surface area contributed by atoms with Gasteiger partial charge in [-0.15, -0.1) is 0 Å². The minimum atomic E-state index is 0.334. The van der Waals surface area contributed by atoms with Gasteiger partial charge in [0.1, 0.15) is 11.9 Å². The van der Waals surface area contributed by atoms with Crippen molar-refractivity contribution in [2.45, 2.75) is 12.5 Å². The maximum atomic E-state index is 5.92. The van der Waals surface area contributed by atoms with E-state index < -0.39 is 0 Å². The van der Waals surface area contributed by atoms with Crippen molar-refractivity contribution in [2.24, 2.45) is 0 Å². The fourth-order valence-corrected chi connectivity index (χ4v) is 2.16. The van der Waals surface area contributed by atoms with Crippen LogP contribution in [0, 0.1) is 0 Å². The summed E-state index contributed by atoms with van der Waals surface area (Å²) in [5, 5.41) is 5.81. The quantitative estimate of drug-likeness (QED) is 0.828. The molecule has 2 aromatic rings. The van der Waals surface area contributed by atoms with Crippen molar-refractivity contribution in [1.29, 1.82) is 0 Å². The van der Waals surface area contributed by atoms with Crippen molar-refractivity contribution < 1.29 is 4.74 Å². The average Bonchev–Trinajstić information content (AvgIpc) is 2.82. The van der Waals surface area contributed by atoms with Crippen LogP contribution in [0.4, 0.5) is 0 Å². The Morgan fingerprint density at radius 3 is 2.75 bits per heavy atom. The van der Waals surface area contributed by atoms with Gasteiger partial charge in [0.25, 0.3) is 0 Å². The van der Waals surface area contributed by atoms with Gasteiger partial charge in [-0.25, -0.2) is 0 Å². The number of hydrogen-bond acceptors (Lipinski definition) is 2. The number of hydrogen-bond donors (Lipinski definition) is 1. The highest BCUT2D eigenvalue weighted by atomic mass is 16.5. The van der Waals surface area contributed by atoms with Crippen LogP contribution in [0.15, 0.2) is 42.5 Å². The van der Waals surface area contributed by atoms with E-state index in [-0.39, 0.29) is 0 Å². The van der Waals surface area contributed by atoms with Gasteiger partial charge in [0.2, 0.25) is 0 Å². The fraction of sp³-hybridized carbons (Fsp3) is 0.286. The van der Waals surface area contributed by atoms with E-state index in [2.05, 4.69) is 47.8 Å². The second-order valence-corrected chi connectivity index (χ2v) is 4.24. The van der Waals surface area contributed by atoms with Crippen LogP contribution in [0.2, 0.25) is 0 Å². The minimum Gasteiger partial charge on any atom is -0.489 e. The molecule has 0 radical (unpaired) electrons. The molecule has 1 atom stereocenters. The third-order valence-electron chi connectivity index (χ3n) is 3.04. The van der Waals surface area contributed by atoms with E-state index in [4.69, 9.17) is 4.74 Å². The first-order valence-corrected chi connectivity index (χ1v) is 5.78. The Hall–Kier alpha value is -1.54. The predicted molar refractivity (Wildman–Crippen MR) is 65.9 cm³/mol. The Bertz CT molecular complexity index is 489. The van der Waals surface area contributed by atoms with Gasteiger partial charge >= 0.3 is 0 Å². The van der Waals surface area contributed by atoms with Gasteiger partial charge < -0.3 is 10.1 Å². The monoisotopic (exact) mass is 213 g/mol. The van der Waals surface area contributed by atoms with Crippen LogP contribution in [0.3, 0.4) is 0 Å². The molecule has 1 heterocycles. The molecule has 0 spiro atoms. The molecule has 0 saturated carbocycles. The van der Waals surface area contributed by atoms with Gasteiger partial charge in [-0.05, 0) is 35.9 Å². The van der Waals surface area contributed by atoms with Gasteiger partial charge in [-0.2, -0.15) is 0 Å².